The fraction of sp³-hybridized carbons (Fsp3) is 0.345. The number of rotatable bonds is 6. The molecule has 4 aromatic rings. The largest absolute Gasteiger partial charge is 0.402 e. The van der Waals surface area contributed by atoms with Gasteiger partial charge in [-0.25, -0.2) is 4.98 Å². The number of anilines is 2. The molecule has 0 radical (unpaired) electrons. The molecule has 4 heterocycles. The fourth-order valence-electron chi connectivity index (χ4n) is 5.17. The van der Waals surface area contributed by atoms with Crippen LogP contribution >= 0.6 is 11.3 Å². The predicted octanol–water partition coefficient (Wildman–Crippen LogP) is 4.70. The first-order valence-electron chi connectivity index (χ1n) is 13.4. The van der Waals surface area contributed by atoms with E-state index >= 15 is 0 Å². The third-order valence-corrected chi connectivity index (χ3v) is 8.79. The second kappa shape index (κ2) is 10.3. The average Bonchev–Trinajstić information content (AvgIpc) is 3.56. The lowest BCUT2D eigenvalue weighted by Gasteiger charge is -2.27. The summed E-state index contributed by atoms with van der Waals surface area (Å²) in [4.78, 5) is 25.5. The van der Waals surface area contributed by atoms with Crippen molar-refractivity contribution in [1.82, 2.24) is 15.2 Å². The van der Waals surface area contributed by atoms with Gasteiger partial charge in [-0.05, 0) is 18.4 Å². The Morgan fingerprint density at radius 1 is 0.974 bits per heavy atom. The minimum Gasteiger partial charge on any atom is -0.402 e. The van der Waals surface area contributed by atoms with Crippen molar-refractivity contribution in [3.05, 3.63) is 76.3 Å². The molecule has 198 valence electrons. The standard InChI is InChI=1S/C29H28N6O3S/c36-22-17-20-9-4-5-12-21(20)23(18-7-2-1-3-8-18)30-25(22)32-29-34-33-26(38-29)24-28(35-13-15-37-16-14-35)39-27(31-24)19-10-6-11-19/h1-5,7-9,12,19,25H,6,10-11,13-17H2,(H,32,34)/t25-/m1/s1. The van der Waals surface area contributed by atoms with Crippen molar-refractivity contribution < 1.29 is 13.9 Å². The van der Waals surface area contributed by atoms with E-state index in [2.05, 4.69) is 20.4 Å². The van der Waals surface area contributed by atoms with Gasteiger partial charge in [-0.3, -0.25) is 9.79 Å². The van der Waals surface area contributed by atoms with E-state index in [0.717, 1.165) is 45.5 Å². The lowest BCUT2D eigenvalue weighted by Crippen LogP contribution is -2.36. The number of thiazole rings is 1. The molecular formula is C29H28N6O3S. The van der Waals surface area contributed by atoms with E-state index in [1.807, 2.05) is 54.6 Å². The lowest BCUT2D eigenvalue weighted by molar-refractivity contribution is -0.119. The quantitative estimate of drug-likeness (QED) is 0.375. The van der Waals surface area contributed by atoms with E-state index in [-0.39, 0.29) is 18.2 Å². The zero-order valence-corrected chi connectivity index (χ0v) is 22.2. The molecule has 1 atom stereocenters. The zero-order chi connectivity index (χ0) is 26.2. The van der Waals surface area contributed by atoms with Gasteiger partial charge in [0.15, 0.2) is 17.6 Å². The average molecular weight is 541 g/mol. The zero-order valence-electron chi connectivity index (χ0n) is 21.4. The summed E-state index contributed by atoms with van der Waals surface area (Å²) in [6, 6.07) is 18.0. The SMILES string of the molecule is O=C1Cc2ccccc2C(c2ccccc2)=N[C@@H]1Nc1nnc(-c2nc(C3CCC3)sc2N2CCOCC2)o1. The molecule has 9 nitrogen and oxygen atoms in total. The van der Waals surface area contributed by atoms with Crippen LogP contribution in [-0.4, -0.2) is 59.1 Å². The third kappa shape index (κ3) is 4.74. The van der Waals surface area contributed by atoms with Gasteiger partial charge in [0.25, 0.3) is 5.89 Å². The third-order valence-electron chi connectivity index (χ3n) is 7.51. The van der Waals surface area contributed by atoms with Gasteiger partial charge in [-0.2, -0.15) is 0 Å². The molecular weight excluding hydrogens is 512 g/mol. The number of hydrogen-bond donors (Lipinski definition) is 1. The van der Waals surface area contributed by atoms with E-state index in [4.69, 9.17) is 19.1 Å². The van der Waals surface area contributed by atoms with Crippen molar-refractivity contribution in [2.24, 2.45) is 4.99 Å². The van der Waals surface area contributed by atoms with E-state index < -0.39 is 6.17 Å². The number of nitrogens with one attached hydrogen (secondary N) is 1. The van der Waals surface area contributed by atoms with Gasteiger partial charge >= 0.3 is 6.01 Å². The highest BCUT2D eigenvalue weighted by molar-refractivity contribution is 7.16. The second-order valence-corrected chi connectivity index (χ2v) is 11.0. The summed E-state index contributed by atoms with van der Waals surface area (Å²) in [5.74, 6) is 0.778. The molecule has 1 N–H and O–H groups in total. The van der Waals surface area contributed by atoms with Crippen LogP contribution in [0, 0.1) is 0 Å². The Hall–Kier alpha value is -3.89. The Bertz CT molecular complexity index is 1520. The Balaban J connectivity index is 1.20. The van der Waals surface area contributed by atoms with Crippen molar-refractivity contribution in [1.29, 1.82) is 0 Å². The molecule has 7 rings (SSSR count). The number of ketones is 1. The number of benzene rings is 2. The highest BCUT2D eigenvalue weighted by Gasteiger charge is 2.31. The van der Waals surface area contributed by atoms with E-state index in [1.54, 1.807) is 11.3 Å². The minimum absolute atomic E-state index is 0.0666. The molecule has 0 amide bonds. The Morgan fingerprint density at radius 2 is 1.77 bits per heavy atom. The molecule has 2 fully saturated rings. The number of Topliss-reactive ketones (excluding diaryl/α,β-unsaturated/α-hetero) is 1. The van der Waals surface area contributed by atoms with Crippen molar-refractivity contribution in [3.63, 3.8) is 0 Å². The molecule has 3 aliphatic rings. The number of aromatic nitrogens is 3. The van der Waals surface area contributed by atoms with Gasteiger partial charge in [-0.15, -0.1) is 16.4 Å². The van der Waals surface area contributed by atoms with Gasteiger partial charge in [0.2, 0.25) is 0 Å². The maximum atomic E-state index is 13.3. The van der Waals surface area contributed by atoms with E-state index in [1.165, 1.54) is 19.3 Å². The molecule has 1 aliphatic carbocycles. The van der Waals surface area contributed by atoms with Gasteiger partial charge in [0.05, 0.1) is 23.9 Å². The minimum atomic E-state index is -0.861. The second-order valence-electron chi connectivity index (χ2n) is 10.0. The number of morpholine rings is 1. The van der Waals surface area contributed by atoms with Crippen LogP contribution in [0.1, 0.15) is 46.9 Å². The number of ether oxygens (including phenoxy) is 1. The maximum absolute atomic E-state index is 13.3. The summed E-state index contributed by atoms with van der Waals surface area (Å²) in [7, 11) is 0. The smallest absolute Gasteiger partial charge is 0.317 e. The van der Waals surface area contributed by atoms with Crippen LogP contribution in [0.2, 0.25) is 0 Å². The number of carbonyl (C=O) groups is 1. The van der Waals surface area contributed by atoms with Gasteiger partial charge in [-0.1, -0.05) is 66.1 Å². The summed E-state index contributed by atoms with van der Waals surface area (Å²) in [6.45, 7) is 2.96. The highest BCUT2D eigenvalue weighted by atomic mass is 32.1. The van der Waals surface area contributed by atoms with E-state index in [0.29, 0.717) is 30.7 Å². The van der Waals surface area contributed by atoms with Crippen LogP contribution in [0.15, 0.2) is 64.0 Å². The van der Waals surface area contributed by atoms with Crippen LogP contribution in [0.25, 0.3) is 11.6 Å². The van der Waals surface area contributed by atoms with Crippen LogP contribution in [0.5, 0.6) is 0 Å². The van der Waals surface area contributed by atoms with Crippen LogP contribution in [0.3, 0.4) is 0 Å². The summed E-state index contributed by atoms with van der Waals surface area (Å²) < 4.78 is 11.7. The Kier molecular flexibility index (Phi) is 6.41. The fourth-order valence-corrected chi connectivity index (χ4v) is 6.45. The summed E-state index contributed by atoms with van der Waals surface area (Å²) >= 11 is 1.72. The first-order chi connectivity index (χ1) is 19.2. The lowest BCUT2D eigenvalue weighted by atomic mass is 9.86. The molecule has 2 aromatic carbocycles. The first-order valence-corrected chi connectivity index (χ1v) is 14.2. The molecule has 0 spiro atoms. The molecule has 2 aliphatic heterocycles. The van der Waals surface area contributed by atoms with Crippen molar-refractivity contribution in [2.45, 2.75) is 37.8 Å². The van der Waals surface area contributed by atoms with Crippen molar-refractivity contribution in [2.75, 3.05) is 36.5 Å². The molecule has 1 saturated carbocycles. The van der Waals surface area contributed by atoms with Crippen molar-refractivity contribution >= 4 is 33.8 Å². The van der Waals surface area contributed by atoms with Crippen molar-refractivity contribution in [3.8, 4) is 11.6 Å². The number of carbonyl (C=O) groups excluding carboxylic acids is 1. The van der Waals surface area contributed by atoms with Gasteiger partial charge < -0.3 is 19.4 Å². The Labute approximate surface area is 230 Å². The number of aliphatic imine (C=N–C) groups is 1. The molecule has 10 heteroatoms. The van der Waals surface area contributed by atoms with Crippen LogP contribution in [0.4, 0.5) is 11.0 Å². The number of fused-ring (bicyclic) bond motifs is 1. The Morgan fingerprint density at radius 3 is 2.56 bits per heavy atom. The monoisotopic (exact) mass is 540 g/mol. The summed E-state index contributed by atoms with van der Waals surface area (Å²) in [6.07, 6.45) is 2.97. The first kappa shape index (κ1) is 24.2. The maximum Gasteiger partial charge on any atom is 0.317 e. The summed E-state index contributed by atoms with van der Waals surface area (Å²) in [5.41, 5.74) is 4.31. The van der Waals surface area contributed by atoms with E-state index in [9.17, 15) is 4.79 Å². The normalized spacial score (nSPS) is 19.7. The molecule has 1 saturated heterocycles. The van der Waals surface area contributed by atoms with Crippen LogP contribution < -0.4 is 10.2 Å². The number of hydrogen-bond acceptors (Lipinski definition) is 10. The van der Waals surface area contributed by atoms with Gasteiger partial charge in [0.1, 0.15) is 5.00 Å². The molecule has 39 heavy (non-hydrogen) atoms. The molecule has 2 aromatic heterocycles. The molecule has 0 unspecified atom stereocenters. The van der Waals surface area contributed by atoms with Crippen LogP contribution in [-0.2, 0) is 16.0 Å². The predicted molar refractivity (Wildman–Crippen MR) is 150 cm³/mol. The summed E-state index contributed by atoms with van der Waals surface area (Å²) in [5, 5.41) is 13.9. The van der Waals surface area contributed by atoms with Gasteiger partial charge in [0, 0.05) is 36.6 Å². The topological polar surface area (TPSA) is 106 Å². The highest BCUT2D eigenvalue weighted by Crippen LogP contribution is 2.44. The molecule has 0 bridgehead atoms. The number of nitrogens with zero attached hydrogens (tertiary/aromatic N) is 5.